The minimum Gasteiger partial charge on any atom is -0.361 e. The van der Waals surface area contributed by atoms with Gasteiger partial charge in [0, 0.05) is 52.9 Å². The van der Waals surface area contributed by atoms with Gasteiger partial charge in [0.15, 0.2) is 0 Å². The minimum absolute atomic E-state index is 0.0992. The van der Waals surface area contributed by atoms with Crippen LogP contribution in [0, 0.1) is 12.8 Å². The fourth-order valence-corrected chi connectivity index (χ4v) is 5.82. The average molecular weight is 589 g/mol. The number of aryl methyl sites for hydroxylation is 1. The van der Waals surface area contributed by atoms with E-state index >= 15 is 0 Å². The van der Waals surface area contributed by atoms with E-state index in [0.29, 0.717) is 11.7 Å². The van der Waals surface area contributed by atoms with Crippen molar-refractivity contribution in [1.82, 2.24) is 19.7 Å². The summed E-state index contributed by atoms with van der Waals surface area (Å²) in [6.45, 7) is 9.87. The van der Waals surface area contributed by atoms with E-state index in [9.17, 15) is 9.59 Å². The standard InChI is InChI=1S/C36H40N6O2/c1-24-8-11-30(12-9-24)42-33(23-32(40-42)36(2,3)4)39-35(44)38-29-7-5-6-26(21-29)20-25-15-18-41(19-16-25)34(43)28-10-13-31-27(22-28)14-17-37-31/h5-14,17,21-23,25,37H,15-16,18-20H2,1-4H3,(H2,38,39,44). The summed E-state index contributed by atoms with van der Waals surface area (Å²) in [5.74, 6) is 1.19. The number of aromatic amines is 1. The molecule has 6 rings (SSSR count). The summed E-state index contributed by atoms with van der Waals surface area (Å²) in [7, 11) is 0. The van der Waals surface area contributed by atoms with Gasteiger partial charge in [0.2, 0.25) is 0 Å². The van der Waals surface area contributed by atoms with Gasteiger partial charge in [0.05, 0.1) is 11.4 Å². The molecule has 3 aromatic carbocycles. The van der Waals surface area contributed by atoms with Crippen LogP contribution in [0.25, 0.3) is 16.6 Å². The quantitative estimate of drug-likeness (QED) is 0.190. The van der Waals surface area contributed by atoms with Crippen LogP contribution < -0.4 is 10.6 Å². The minimum atomic E-state index is -0.319. The van der Waals surface area contributed by atoms with Crippen LogP contribution in [0.15, 0.2) is 85.1 Å². The van der Waals surface area contributed by atoms with Gasteiger partial charge in [-0.2, -0.15) is 5.10 Å². The number of urea groups is 1. The maximum absolute atomic E-state index is 13.2. The number of fused-ring (bicyclic) bond motifs is 1. The Balaban J connectivity index is 1.07. The molecule has 0 saturated carbocycles. The monoisotopic (exact) mass is 588 g/mol. The van der Waals surface area contributed by atoms with Crippen molar-refractivity contribution in [3.63, 3.8) is 0 Å². The highest BCUT2D eigenvalue weighted by atomic mass is 16.2. The van der Waals surface area contributed by atoms with Gasteiger partial charge in [-0.1, -0.05) is 50.6 Å². The molecule has 5 aromatic rings. The number of nitrogens with one attached hydrogen (secondary N) is 3. The maximum Gasteiger partial charge on any atom is 0.324 e. The second kappa shape index (κ2) is 12.0. The SMILES string of the molecule is Cc1ccc(-n2nc(C(C)(C)C)cc2NC(=O)Nc2cccc(CC3CCN(C(=O)c4ccc5[nH]ccc5c4)CC3)c2)cc1. The van der Waals surface area contributed by atoms with Crippen LogP contribution >= 0.6 is 0 Å². The Morgan fingerprint density at radius 1 is 0.932 bits per heavy atom. The van der Waals surface area contributed by atoms with Crippen molar-refractivity contribution in [2.24, 2.45) is 5.92 Å². The van der Waals surface area contributed by atoms with Gasteiger partial charge >= 0.3 is 6.03 Å². The van der Waals surface area contributed by atoms with Crippen molar-refractivity contribution < 1.29 is 9.59 Å². The Labute approximate surface area is 258 Å². The van der Waals surface area contributed by atoms with Crippen LogP contribution in [0.1, 0.15) is 60.8 Å². The molecule has 1 aliphatic rings. The lowest BCUT2D eigenvalue weighted by Crippen LogP contribution is -2.38. The fraction of sp³-hybridized carbons (Fsp3) is 0.306. The number of H-pyrrole nitrogens is 1. The van der Waals surface area contributed by atoms with Gasteiger partial charge in [0.25, 0.3) is 5.91 Å². The van der Waals surface area contributed by atoms with Gasteiger partial charge < -0.3 is 15.2 Å². The molecule has 8 nitrogen and oxygen atoms in total. The lowest BCUT2D eigenvalue weighted by Gasteiger charge is -2.32. The third-order valence-electron chi connectivity index (χ3n) is 8.41. The van der Waals surface area contributed by atoms with Crippen molar-refractivity contribution in [1.29, 1.82) is 0 Å². The number of piperidine rings is 1. The number of nitrogens with zero attached hydrogens (tertiary/aromatic N) is 3. The molecule has 0 bridgehead atoms. The molecule has 1 aliphatic heterocycles. The Morgan fingerprint density at radius 3 is 2.45 bits per heavy atom. The first-order valence-corrected chi connectivity index (χ1v) is 15.3. The number of amides is 3. The van der Waals surface area contributed by atoms with E-state index in [1.807, 2.05) is 90.8 Å². The zero-order valence-corrected chi connectivity index (χ0v) is 25.9. The molecule has 3 N–H and O–H groups in total. The number of carbonyl (C=O) groups excluding carboxylic acids is 2. The molecular weight excluding hydrogens is 548 g/mol. The Bertz CT molecular complexity index is 1790. The van der Waals surface area contributed by atoms with E-state index in [1.54, 1.807) is 4.68 Å². The van der Waals surface area contributed by atoms with Crippen LogP contribution in [0.3, 0.4) is 0 Å². The summed E-state index contributed by atoms with van der Waals surface area (Å²) in [6.07, 6.45) is 4.71. The number of hydrogen-bond acceptors (Lipinski definition) is 3. The predicted molar refractivity (Wildman–Crippen MR) is 177 cm³/mol. The molecule has 2 aromatic heterocycles. The zero-order chi connectivity index (χ0) is 30.8. The lowest BCUT2D eigenvalue weighted by molar-refractivity contribution is 0.0690. The van der Waals surface area contributed by atoms with E-state index in [0.717, 1.165) is 71.5 Å². The van der Waals surface area contributed by atoms with Crippen molar-refractivity contribution >= 4 is 34.3 Å². The van der Waals surface area contributed by atoms with E-state index in [-0.39, 0.29) is 17.4 Å². The number of carbonyl (C=O) groups is 2. The van der Waals surface area contributed by atoms with Crippen molar-refractivity contribution in [3.8, 4) is 5.69 Å². The smallest absolute Gasteiger partial charge is 0.324 e. The van der Waals surface area contributed by atoms with Crippen LogP contribution in [0.4, 0.5) is 16.3 Å². The Morgan fingerprint density at radius 2 is 1.70 bits per heavy atom. The Kier molecular flexibility index (Phi) is 7.99. The molecule has 0 unspecified atom stereocenters. The highest BCUT2D eigenvalue weighted by molar-refractivity contribution is 5.99. The molecule has 0 aliphatic carbocycles. The number of anilines is 2. The van der Waals surface area contributed by atoms with Crippen LogP contribution in [0.2, 0.25) is 0 Å². The molecule has 1 fully saturated rings. The molecule has 44 heavy (non-hydrogen) atoms. The van der Waals surface area contributed by atoms with E-state index in [2.05, 4.69) is 42.5 Å². The second-order valence-electron chi connectivity index (χ2n) is 12.9. The number of rotatable bonds is 6. The van der Waals surface area contributed by atoms with Gasteiger partial charge in [-0.15, -0.1) is 0 Å². The molecule has 0 radical (unpaired) electrons. The van der Waals surface area contributed by atoms with Crippen molar-refractivity contribution in [2.45, 2.75) is 52.4 Å². The molecule has 226 valence electrons. The zero-order valence-electron chi connectivity index (χ0n) is 25.9. The molecule has 0 atom stereocenters. The summed E-state index contributed by atoms with van der Waals surface area (Å²) in [6, 6.07) is 25.6. The van der Waals surface area contributed by atoms with Crippen LogP contribution in [0.5, 0.6) is 0 Å². The first-order chi connectivity index (χ1) is 21.1. The maximum atomic E-state index is 13.2. The highest BCUT2D eigenvalue weighted by Crippen LogP contribution is 2.28. The molecule has 3 heterocycles. The van der Waals surface area contributed by atoms with Gasteiger partial charge in [0.1, 0.15) is 5.82 Å². The van der Waals surface area contributed by atoms with Crippen molar-refractivity contribution in [2.75, 3.05) is 23.7 Å². The predicted octanol–water partition coefficient (Wildman–Crippen LogP) is 7.70. The molecular formula is C36H40N6O2. The number of likely N-dealkylation sites (tertiary alicyclic amines) is 1. The second-order valence-corrected chi connectivity index (χ2v) is 12.9. The summed E-state index contributed by atoms with van der Waals surface area (Å²) >= 11 is 0. The number of benzene rings is 3. The van der Waals surface area contributed by atoms with Crippen LogP contribution in [-0.2, 0) is 11.8 Å². The molecule has 3 amide bonds. The Hall–Kier alpha value is -4.85. The third kappa shape index (κ3) is 6.54. The fourth-order valence-electron chi connectivity index (χ4n) is 5.82. The number of aromatic nitrogens is 3. The summed E-state index contributed by atoms with van der Waals surface area (Å²) in [5.41, 5.74) is 6.46. The molecule has 8 heteroatoms. The van der Waals surface area contributed by atoms with E-state index < -0.39 is 0 Å². The first kappa shape index (κ1) is 29.2. The first-order valence-electron chi connectivity index (χ1n) is 15.3. The summed E-state index contributed by atoms with van der Waals surface area (Å²) in [5, 5.41) is 11.9. The van der Waals surface area contributed by atoms with Gasteiger partial charge in [-0.25, -0.2) is 9.48 Å². The van der Waals surface area contributed by atoms with Crippen molar-refractivity contribution in [3.05, 3.63) is 107 Å². The van der Waals surface area contributed by atoms with Gasteiger partial charge in [-0.05, 0) is 86.2 Å². The largest absolute Gasteiger partial charge is 0.361 e. The molecule has 1 saturated heterocycles. The topological polar surface area (TPSA) is 95.1 Å². The lowest BCUT2D eigenvalue weighted by atomic mass is 9.89. The molecule has 0 spiro atoms. The van der Waals surface area contributed by atoms with E-state index in [4.69, 9.17) is 5.10 Å². The number of hydrogen-bond donors (Lipinski definition) is 3. The summed E-state index contributed by atoms with van der Waals surface area (Å²) in [4.78, 5) is 31.4. The average Bonchev–Trinajstić information content (AvgIpc) is 3.65. The normalized spacial score (nSPS) is 14.1. The van der Waals surface area contributed by atoms with Gasteiger partial charge in [-0.3, -0.25) is 10.1 Å². The highest BCUT2D eigenvalue weighted by Gasteiger charge is 2.25. The van der Waals surface area contributed by atoms with Crippen LogP contribution in [-0.4, -0.2) is 44.7 Å². The summed E-state index contributed by atoms with van der Waals surface area (Å²) < 4.78 is 1.78. The third-order valence-corrected chi connectivity index (χ3v) is 8.41. The van der Waals surface area contributed by atoms with E-state index in [1.165, 1.54) is 5.56 Å².